The number of amides is 1. The number of aromatic nitrogens is 2. The van der Waals surface area contributed by atoms with Gasteiger partial charge in [0.1, 0.15) is 12.0 Å². The van der Waals surface area contributed by atoms with Crippen molar-refractivity contribution in [2.75, 3.05) is 17.7 Å². The molecule has 0 spiro atoms. The Balaban J connectivity index is 2.01. The van der Waals surface area contributed by atoms with Crippen LogP contribution >= 0.6 is 0 Å². The monoisotopic (exact) mass is 268 g/mol. The number of hydrogen-bond donors (Lipinski definition) is 2. The van der Waals surface area contributed by atoms with Crippen LogP contribution in [0.2, 0.25) is 0 Å². The maximum absolute atomic E-state index is 12.1. The van der Waals surface area contributed by atoms with Crippen LogP contribution in [0.25, 0.3) is 10.9 Å². The van der Waals surface area contributed by atoms with Crippen LogP contribution in [0.1, 0.15) is 10.5 Å². The minimum atomic E-state index is -0.332. The van der Waals surface area contributed by atoms with Crippen LogP contribution in [0, 0.1) is 0 Å². The van der Waals surface area contributed by atoms with E-state index in [0.717, 1.165) is 16.6 Å². The van der Waals surface area contributed by atoms with Gasteiger partial charge in [-0.3, -0.25) is 4.79 Å². The molecule has 1 amide bonds. The van der Waals surface area contributed by atoms with E-state index in [4.69, 9.17) is 0 Å². The summed E-state index contributed by atoms with van der Waals surface area (Å²) in [5, 5.41) is 10.3. The van der Waals surface area contributed by atoms with Gasteiger partial charge in [0.2, 0.25) is 0 Å². The molecule has 3 rings (SSSR count). The van der Waals surface area contributed by atoms with Crippen molar-refractivity contribution in [3.63, 3.8) is 0 Å². The number of carbonyl (C=O) groups is 1. The van der Waals surface area contributed by atoms with Crippen LogP contribution in [0.3, 0.4) is 0 Å². The van der Waals surface area contributed by atoms with Crippen molar-refractivity contribution in [1.29, 1.82) is 0 Å². The normalized spacial score (nSPS) is 10.4. The Morgan fingerprint density at radius 3 is 2.85 bits per heavy atom. The van der Waals surface area contributed by atoms with E-state index in [1.807, 2.05) is 24.3 Å². The smallest absolute Gasteiger partial charge is 0.275 e. The van der Waals surface area contributed by atoms with Crippen molar-refractivity contribution in [3.05, 3.63) is 48.4 Å². The van der Waals surface area contributed by atoms with Crippen molar-refractivity contribution >= 4 is 28.3 Å². The molecule has 20 heavy (non-hydrogen) atoms. The Morgan fingerprint density at radius 1 is 1.25 bits per heavy atom. The minimum absolute atomic E-state index is 0.316. The molecule has 2 aromatic heterocycles. The highest BCUT2D eigenvalue weighted by Gasteiger charge is 2.12. The zero-order chi connectivity index (χ0) is 13.9. The van der Waals surface area contributed by atoms with Gasteiger partial charge >= 0.3 is 0 Å². The molecule has 0 unspecified atom stereocenters. The summed E-state index contributed by atoms with van der Waals surface area (Å²) in [5.74, 6) is 0.0251. The number of fused-ring (bicyclic) bond motifs is 1. The summed E-state index contributed by atoms with van der Waals surface area (Å²) < 4.78 is 4.67. The zero-order valence-electron chi connectivity index (χ0n) is 10.8. The van der Waals surface area contributed by atoms with Crippen LogP contribution in [-0.4, -0.2) is 23.1 Å². The predicted octanol–water partition coefficient (Wildman–Crippen LogP) is 2.52. The lowest BCUT2D eigenvalue weighted by molar-refractivity contribution is 0.102. The number of benzene rings is 1. The van der Waals surface area contributed by atoms with E-state index >= 15 is 0 Å². The van der Waals surface area contributed by atoms with E-state index in [9.17, 15) is 4.79 Å². The van der Waals surface area contributed by atoms with Gasteiger partial charge < -0.3 is 15.2 Å². The summed E-state index contributed by atoms with van der Waals surface area (Å²) in [7, 11) is 1.81. The molecule has 0 aliphatic carbocycles. The molecule has 0 atom stereocenters. The summed E-state index contributed by atoms with van der Waals surface area (Å²) in [6.07, 6.45) is 1.39. The Morgan fingerprint density at radius 2 is 2.10 bits per heavy atom. The summed E-state index contributed by atoms with van der Waals surface area (Å²) in [6.45, 7) is 0. The second-order valence-electron chi connectivity index (χ2n) is 4.16. The molecule has 2 N–H and O–H groups in total. The molecule has 0 saturated carbocycles. The Bertz CT molecular complexity index is 753. The number of pyridine rings is 1. The maximum atomic E-state index is 12.1. The predicted molar refractivity (Wildman–Crippen MR) is 75.7 cm³/mol. The van der Waals surface area contributed by atoms with Crippen LogP contribution in [0.4, 0.5) is 11.5 Å². The Hall–Kier alpha value is -2.89. The fourth-order valence-electron chi connectivity index (χ4n) is 1.96. The van der Waals surface area contributed by atoms with Gasteiger partial charge in [0, 0.05) is 24.2 Å². The summed E-state index contributed by atoms with van der Waals surface area (Å²) in [4.78, 5) is 16.5. The third-order valence-electron chi connectivity index (χ3n) is 2.90. The van der Waals surface area contributed by atoms with Crippen molar-refractivity contribution in [2.24, 2.45) is 0 Å². The first-order valence-electron chi connectivity index (χ1n) is 6.07. The highest BCUT2D eigenvalue weighted by molar-refractivity contribution is 6.05. The second kappa shape index (κ2) is 5.00. The van der Waals surface area contributed by atoms with E-state index in [1.54, 1.807) is 19.2 Å². The molecule has 0 aliphatic rings. The summed E-state index contributed by atoms with van der Waals surface area (Å²) in [5.41, 5.74) is 1.92. The SMILES string of the molecule is CNc1cc(C(=O)Nc2ccon2)nc2ccccc12. The maximum Gasteiger partial charge on any atom is 0.275 e. The van der Waals surface area contributed by atoms with Crippen molar-refractivity contribution in [2.45, 2.75) is 0 Å². The second-order valence-corrected chi connectivity index (χ2v) is 4.16. The number of carbonyl (C=O) groups excluding carboxylic acids is 1. The van der Waals surface area contributed by atoms with Crippen molar-refractivity contribution in [3.8, 4) is 0 Å². The van der Waals surface area contributed by atoms with E-state index in [-0.39, 0.29) is 5.91 Å². The van der Waals surface area contributed by atoms with Gasteiger partial charge in [-0.2, -0.15) is 0 Å². The molecule has 100 valence electrons. The standard InChI is InChI=1S/C14H12N4O2/c1-15-11-8-12(14(19)17-13-6-7-20-18-13)16-10-5-3-2-4-9(10)11/h2-8H,1H3,(H,15,16)(H,17,18,19). The summed E-state index contributed by atoms with van der Waals surface area (Å²) in [6, 6.07) is 10.9. The van der Waals surface area contributed by atoms with Gasteiger partial charge in [-0.05, 0) is 12.1 Å². The Kier molecular flexibility index (Phi) is 3.04. The quantitative estimate of drug-likeness (QED) is 0.763. The zero-order valence-corrected chi connectivity index (χ0v) is 10.8. The van der Waals surface area contributed by atoms with Crippen LogP contribution in [-0.2, 0) is 0 Å². The van der Waals surface area contributed by atoms with Gasteiger partial charge in [-0.25, -0.2) is 4.98 Å². The van der Waals surface area contributed by atoms with Gasteiger partial charge in [0.25, 0.3) is 5.91 Å². The van der Waals surface area contributed by atoms with Crippen LogP contribution in [0.15, 0.2) is 47.2 Å². The Labute approximate surface area is 114 Å². The van der Waals surface area contributed by atoms with E-state index in [0.29, 0.717) is 11.5 Å². The summed E-state index contributed by atoms with van der Waals surface area (Å²) >= 11 is 0. The first-order valence-corrected chi connectivity index (χ1v) is 6.07. The molecule has 3 aromatic rings. The largest absolute Gasteiger partial charge is 0.388 e. The fourth-order valence-corrected chi connectivity index (χ4v) is 1.96. The van der Waals surface area contributed by atoms with Crippen LogP contribution < -0.4 is 10.6 Å². The van der Waals surface area contributed by atoms with Gasteiger partial charge in [-0.1, -0.05) is 23.4 Å². The molecule has 0 bridgehead atoms. The average Bonchev–Trinajstić information content (AvgIpc) is 2.99. The van der Waals surface area contributed by atoms with E-state index in [1.165, 1.54) is 6.26 Å². The van der Waals surface area contributed by atoms with Crippen molar-refractivity contribution < 1.29 is 9.32 Å². The number of para-hydroxylation sites is 1. The molecule has 1 aromatic carbocycles. The molecular weight excluding hydrogens is 256 g/mol. The molecule has 0 saturated heterocycles. The van der Waals surface area contributed by atoms with E-state index < -0.39 is 0 Å². The lowest BCUT2D eigenvalue weighted by atomic mass is 10.1. The molecule has 6 heteroatoms. The first-order chi connectivity index (χ1) is 9.78. The minimum Gasteiger partial charge on any atom is -0.388 e. The molecule has 6 nitrogen and oxygen atoms in total. The van der Waals surface area contributed by atoms with Crippen molar-refractivity contribution in [1.82, 2.24) is 10.1 Å². The highest BCUT2D eigenvalue weighted by Crippen LogP contribution is 2.22. The number of hydrogen-bond acceptors (Lipinski definition) is 5. The number of anilines is 2. The van der Waals surface area contributed by atoms with Gasteiger partial charge in [0.15, 0.2) is 5.82 Å². The fraction of sp³-hybridized carbons (Fsp3) is 0.0714. The lowest BCUT2D eigenvalue weighted by Gasteiger charge is -2.08. The molecular formula is C14H12N4O2. The lowest BCUT2D eigenvalue weighted by Crippen LogP contribution is -2.14. The number of rotatable bonds is 3. The van der Waals surface area contributed by atoms with Crippen LogP contribution in [0.5, 0.6) is 0 Å². The number of nitrogens with one attached hydrogen (secondary N) is 2. The van der Waals surface area contributed by atoms with Gasteiger partial charge in [-0.15, -0.1) is 0 Å². The highest BCUT2D eigenvalue weighted by atomic mass is 16.5. The molecule has 0 radical (unpaired) electrons. The number of nitrogens with zero attached hydrogens (tertiary/aromatic N) is 2. The average molecular weight is 268 g/mol. The van der Waals surface area contributed by atoms with E-state index in [2.05, 4.69) is 25.3 Å². The molecule has 2 heterocycles. The molecule has 0 aliphatic heterocycles. The van der Waals surface area contributed by atoms with Gasteiger partial charge in [0.05, 0.1) is 5.52 Å². The topological polar surface area (TPSA) is 80.0 Å². The third kappa shape index (κ3) is 2.18. The first kappa shape index (κ1) is 12.2. The third-order valence-corrected chi connectivity index (χ3v) is 2.90. The molecule has 0 fully saturated rings.